The number of aliphatic hydroxyl groups is 1. The minimum Gasteiger partial charge on any atom is -0.382 e. The van der Waals surface area contributed by atoms with Gasteiger partial charge in [-0.1, -0.05) is 37.3 Å². The molecule has 0 bridgehead atoms. The van der Waals surface area contributed by atoms with Crippen molar-refractivity contribution in [2.75, 3.05) is 6.54 Å². The normalized spacial score (nSPS) is 14.1. The molecule has 17 heavy (non-hydrogen) atoms. The first-order valence-corrected chi connectivity index (χ1v) is 5.90. The van der Waals surface area contributed by atoms with Crippen molar-refractivity contribution in [3.63, 3.8) is 0 Å². The topological polar surface area (TPSA) is 75.3 Å². The molecule has 94 valence electrons. The van der Waals surface area contributed by atoms with E-state index in [-0.39, 0.29) is 0 Å². The van der Waals surface area contributed by atoms with Crippen LogP contribution in [0.25, 0.3) is 0 Å². The SMILES string of the molecule is CCCNC(=O)[C@H](O)[C@@H](N)Cc1ccccc1. The van der Waals surface area contributed by atoms with E-state index in [1.165, 1.54) is 0 Å². The summed E-state index contributed by atoms with van der Waals surface area (Å²) in [7, 11) is 0. The van der Waals surface area contributed by atoms with E-state index in [1.807, 2.05) is 37.3 Å². The minimum absolute atomic E-state index is 0.393. The second-order valence-electron chi connectivity index (χ2n) is 4.09. The Morgan fingerprint density at radius 1 is 1.41 bits per heavy atom. The average molecular weight is 236 g/mol. The Hall–Kier alpha value is -1.39. The highest BCUT2D eigenvalue weighted by Crippen LogP contribution is 2.04. The molecule has 4 nitrogen and oxygen atoms in total. The Bertz CT molecular complexity index is 341. The molecular weight excluding hydrogens is 216 g/mol. The van der Waals surface area contributed by atoms with E-state index in [4.69, 9.17) is 5.73 Å². The van der Waals surface area contributed by atoms with Crippen LogP contribution in [0.5, 0.6) is 0 Å². The van der Waals surface area contributed by atoms with Crippen LogP contribution in [0.3, 0.4) is 0 Å². The zero-order chi connectivity index (χ0) is 12.7. The Morgan fingerprint density at radius 3 is 2.65 bits per heavy atom. The van der Waals surface area contributed by atoms with Crippen molar-refractivity contribution >= 4 is 5.91 Å². The fourth-order valence-electron chi connectivity index (χ4n) is 1.55. The lowest BCUT2D eigenvalue weighted by Gasteiger charge is -2.18. The van der Waals surface area contributed by atoms with Crippen LogP contribution >= 0.6 is 0 Å². The molecule has 2 atom stereocenters. The molecule has 4 heteroatoms. The maximum absolute atomic E-state index is 11.5. The zero-order valence-electron chi connectivity index (χ0n) is 10.1. The summed E-state index contributed by atoms with van der Waals surface area (Å²) in [5.41, 5.74) is 6.83. The van der Waals surface area contributed by atoms with Gasteiger partial charge in [-0.3, -0.25) is 4.79 Å². The molecule has 0 saturated heterocycles. The Balaban J connectivity index is 2.46. The number of carbonyl (C=O) groups excluding carboxylic acids is 1. The van der Waals surface area contributed by atoms with Gasteiger partial charge in [-0.05, 0) is 18.4 Å². The molecular formula is C13H20N2O2. The number of rotatable bonds is 6. The van der Waals surface area contributed by atoms with Crippen LogP contribution in [0.15, 0.2) is 30.3 Å². The van der Waals surface area contributed by atoms with E-state index < -0.39 is 18.1 Å². The van der Waals surface area contributed by atoms with Gasteiger partial charge in [0, 0.05) is 12.6 Å². The second-order valence-corrected chi connectivity index (χ2v) is 4.09. The van der Waals surface area contributed by atoms with Crippen molar-refractivity contribution in [1.29, 1.82) is 0 Å². The molecule has 0 fully saturated rings. The monoisotopic (exact) mass is 236 g/mol. The van der Waals surface area contributed by atoms with Crippen molar-refractivity contribution < 1.29 is 9.90 Å². The van der Waals surface area contributed by atoms with Gasteiger partial charge in [0.1, 0.15) is 6.10 Å². The summed E-state index contributed by atoms with van der Waals surface area (Å²) in [6.07, 6.45) is 0.176. The third kappa shape index (κ3) is 4.54. The number of hydrogen-bond donors (Lipinski definition) is 3. The highest BCUT2D eigenvalue weighted by molar-refractivity contribution is 5.81. The Morgan fingerprint density at radius 2 is 2.06 bits per heavy atom. The van der Waals surface area contributed by atoms with Crippen LogP contribution in [-0.2, 0) is 11.2 Å². The highest BCUT2D eigenvalue weighted by atomic mass is 16.3. The lowest BCUT2D eigenvalue weighted by atomic mass is 10.0. The van der Waals surface area contributed by atoms with Crippen LogP contribution in [0.4, 0.5) is 0 Å². The number of hydrogen-bond acceptors (Lipinski definition) is 3. The first-order chi connectivity index (χ1) is 8.15. The largest absolute Gasteiger partial charge is 0.382 e. The van der Waals surface area contributed by atoms with Gasteiger partial charge in [-0.25, -0.2) is 0 Å². The fraction of sp³-hybridized carbons (Fsp3) is 0.462. The summed E-state index contributed by atoms with van der Waals surface area (Å²) >= 11 is 0. The summed E-state index contributed by atoms with van der Waals surface area (Å²) in [4.78, 5) is 11.5. The summed E-state index contributed by atoms with van der Waals surface area (Å²) in [6, 6.07) is 9.01. The van der Waals surface area contributed by atoms with Crippen LogP contribution < -0.4 is 11.1 Å². The summed E-state index contributed by atoms with van der Waals surface area (Å²) in [5.74, 6) is -0.393. The van der Waals surface area contributed by atoms with E-state index in [0.29, 0.717) is 13.0 Å². The fourth-order valence-corrected chi connectivity index (χ4v) is 1.55. The number of aliphatic hydroxyl groups excluding tert-OH is 1. The van der Waals surface area contributed by atoms with Gasteiger partial charge in [0.15, 0.2) is 0 Å². The smallest absolute Gasteiger partial charge is 0.250 e. The van der Waals surface area contributed by atoms with Crippen molar-refractivity contribution in [1.82, 2.24) is 5.32 Å². The minimum atomic E-state index is -1.15. The molecule has 0 radical (unpaired) electrons. The maximum atomic E-state index is 11.5. The van der Waals surface area contributed by atoms with E-state index in [0.717, 1.165) is 12.0 Å². The molecule has 0 aliphatic rings. The van der Waals surface area contributed by atoms with Crippen molar-refractivity contribution in [3.8, 4) is 0 Å². The molecule has 0 aromatic heterocycles. The molecule has 0 saturated carbocycles. The summed E-state index contributed by atoms with van der Waals surface area (Å²) < 4.78 is 0. The summed E-state index contributed by atoms with van der Waals surface area (Å²) in [5, 5.41) is 12.4. The van der Waals surface area contributed by atoms with E-state index in [2.05, 4.69) is 5.32 Å². The molecule has 1 rings (SSSR count). The Labute approximate surface area is 102 Å². The van der Waals surface area contributed by atoms with Crippen molar-refractivity contribution in [2.45, 2.75) is 31.9 Å². The van der Waals surface area contributed by atoms with E-state index in [1.54, 1.807) is 0 Å². The lowest BCUT2D eigenvalue weighted by molar-refractivity contribution is -0.130. The van der Waals surface area contributed by atoms with Gasteiger partial charge in [0.2, 0.25) is 5.91 Å². The third-order valence-electron chi connectivity index (χ3n) is 2.54. The van der Waals surface area contributed by atoms with Gasteiger partial charge in [-0.2, -0.15) is 0 Å². The first kappa shape index (κ1) is 13.7. The highest BCUT2D eigenvalue weighted by Gasteiger charge is 2.22. The number of benzene rings is 1. The Kier molecular flexibility index (Phi) is 5.66. The zero-order valence-corrected chi connectivity index (χ0v) is 10.1. The second kappa shape index (κ2) is 7.04. The molecule has 1 aromatic rings. The predicted molar refractivity (Wildman–Crippen MR) is 67.4 cm³/mol. The molecule has 0 unspecified atom stereocenters. The third-order valence-corrected chi connectivity index (χ3v) is 2.54. The maximum Gasteiger partial charge on any atom is 0.250 e. The molecule has 4 N–H and O–H groups in total. The van der Waals surface area contributed by atoms with Crippen LogP contribution in [0.1, 0.15) is 18.9 Å². The van der Waals surface area contributed by atoms with E-state index >= 15 is 0 Å². The molecule has 0 spiro atoms. The molecule has 0 heterocycles. The van der Waals surface area contributed by atoms with Crippen molar-refractivity contribution in [3.05, 3.63) is 35.9 Å². The first-order valence-electron chi connectivity index (χ1n) is 5.90. The lowest BCUT2D eigenvalue weighted by Crippen LogP contribution is -2.47. The quantitative estimate of drug-likeness (QED) is 0.671. The van der Waals surface area contributed by atoms with Gasteiger partial charge in [0.25, 0.3) is 0 Å². The number of nitrogens with two attached hydrogens (primary N) is 1. The van der Waals surface area contributed by atoms with Gasteiger partial charge >= 0.3 is 0 Å². The van der Waals surface area contributed by atoms with Crippen LogP contribution in [0.2, 0.25) is 0 Å². The van der Waals surface area contributed by atoms with Gasteiger partial charge in [-0.15, -0.1) is 0 Å². The molecule has 1 amide bonds. The standard InChI is InChI=1S/C13H20N2O2/c1-2-8-15-13(17)12(16)11(14)9-10-6-4-3-5-7-10/h3-7,11-12,16H,2,8-9,14H2,1H3,(H,15,17)/t11-,12+/m0/s1. The average Bonchev–Trinajstić information content (AvgIpc) is 2.36. The molecule has 0 aliphatic carbocycles. The molecule has 1 aromatic carbocycles. The number of carbonyl (C=O) groups is 1. The van der Waals surface area contributed by atoms with Crippen LogP contribution in [0, 0.1) is 0 Å². The van der Waals surface area contributed by atoms with Crippen molar-refractivity contribution in [2.24, 2.45) is 5.73 Å². The number of amides is 1. The van der Waals surface area contributed by atoms with Crippen LogP contribution in [-0.4, -0.2) is 29.7 Å². The van der Waals surface area contributed by atoms with Gasteiger partial charge in [0.05, 0.1) is 0 Å². The predicted octanol–water partition coefficient (Wildman–Crippen LogP) is 0.444. The van der Waals surface area contributed by atoms with Gasteiger partial charge < -0.3 is 16.2 Å². The summed E-state index contributed by atoms with van der Waals surface area (Å²) in [6.45, 7) is 2.52. The molecule has 0 aliphatic heterocycles. The number of nitrogens with one attached hydrogen (secondary N) is 1. The van der Waals surface area contributed by atoms with E-state index in [9.17, 15) is 9.90 Å².